The Balaban J connectivity index is 2.20. The van der Waals surface area contributed by atoms with E-state index in [1.807, 2.05) is 0 Å². The lowest BCUT2D eigenvalue weighted by atomic mass is 10.1. The Morgan fingerprint density at radius 1 is 1.27 bits per heavy atom. The summed E-state index contributed by atoms with van der Waals surface area (Å²) in [6.07, 6.45) is 6.64. The van der Waals surface area contributed by atoms with Crippen LogP contribution in [0.3, 0.4) is 0 Å². The molecule has 0 atom stereocenters. The number of hydrogen-bond donors (Lipinski definition) is 1. The maximum Gasteiger partial charge on any atom is 0.222 e. The number of amides is 1. The predicted octanol–water partition coefficient (Wildman–Crippen LogP) is 1.78. The average molecular weight is 212 g/mol. The molecule has 0 aromatic heterocycles. The van der Waals surface area contributed by atoms with Crippen molar-refractivity contribution in [2.75, 3.05) is 26.2 Å². The first kappa shape index (κ1) is 12.5. The molecule has 0 aliphatic carbocycles. The van der Waals surface area contributed by atoms with E-state index >= 15 is 0 Å². The van der Waals surface area contributed by atoms with Crippen LogP contribution >= 0.6 is 0 Å². The smallest absolute Gasteiger partial charge is 0.222 e. The van der Waals surface area contributed by atoms with Gasteiger partial charge in [-0.15, -0.1) is 0 Å². The van der Waals surface area contributed by atoms with Gasteiger partial charge in [-0.2, -0.15) is 0 Å². The lowest BCUT2D eigenvalue weighted by Crippen LogP contribution is -2.35. The second-order valence-corrected chi connectivity index (χ2v) is 4.25. The molecule has 1 amide bonds. The highest BCUT2D eigenvalue weighted by molar-refractivity contribution is 5.76. The average Bonchev–Trinajstić information content (AvgIpc) is 2.22. The number of carbonyl (C=O) groups excluding carboxylic acids is 1. The van der Waals surface area contributed by atoms with Gasteiger partial charge in [-0.25, -0.2) is 0 Å². The van der Waals surface area contributed by atoms with Crippen molar-refractivity contribution >= 4 is 5.91 Å². The molecular formula is C12H24N2O. The second kappa shape index (κ2) is 7.69. The van der Waals surface area contributed by atoms with E-state index in [0.29, 0.717) is 5.91 Å². The van der Waals surface area contributed by atoms with E-state index in [9.17, 15) is 4.79 Å². The number of carbonyl (C=O) groups is 1. The molecule has 1 heterocycles. The molecule has 0 aromatic carbocycles. The highest BCUT2D eigenvalue weighted by Crippen LogP contribution is 2.11. The van der Waals surface area contributed by atoms with E-state index in [4.69, 9.17) is 0 Å². The van der Waals surface area contributed by atoms with Crippen LogP contribution in [0.1, 0.15) is 45.4 Å². The molecule has 1 rings (SSSR count). The molecule has 3 heteroatoms. The number of hydrogen-bond acceptors (Lipinski definition) is 2. The maximum atomic E-state index is 11.7. The van der Waals surface area contributed by atoms with Gasteiger partial charge in [0.2, 0.25) is 5.91 Å². The molecule has 0 radical (unpaired) electrons. The normalized spacial score (nSPS) is 18.7. The first-order valence-corrected chi connectivity index (χ1v) is 6.33. The summed E-state index contributed by atoms with van der Waals surface area (Å²) in [5, 5.41) is 3.29. The molecular weight excluding hydrogens is 188 g/mol. The van der Waals surface area contributed by atoms with Crippen LogP contribution in [0, 0.1) is 0 Å². The molecule has 1 fully saturated rings. The van der Waals surface area contributed by atoms with Crippen molar-refractivity contribution in [2.24, 2.45) is 0 Å². The zero-order valence-electron chi connectivity index (χ0n) is 9.93. The summed E-state index contributed by atoms with van der Waals surface area (Å²) < 4.78 is 0. The van der Waals surface area contributed by atoms with Crippen molar-refractivity contribution in [1.29, 1.82) is 0 Å². The molecule has 3 nitrogen and oxygen atoms in total. The molecule has 15 heavy (non-hydrogen) atoms. The van der Waals surface area contributed by atoms with Gasteiger partial charge in [0.15, 0.2) is 0 Å². The largest absolute Gasteiger partial charge is 0.343 e. The Hall–Kier alpha value is -0.570. The molecule has 1 aliphatic heterocycles. The summed E-state index contributed by atoms with van der Waals surface area (Å²) in [7, 11) is 0. The highest BCUT2D eigenvalue weighted by Gasteiger charge is 2.14. The van der Waals surface area contributed by atoms with Crippen molar-refractivity contribution in [1.82, 2.24) is 10.2 Å². The van der Waals surface area contributed by atoms with Crippen LogP contribution in [-0.2, 0) is 4.79 Å². The van der Waals surface area contributed by atoms with Crippen LogP contribution < -0.4 is 5.32 Å². The quantitative estimate of drug-likeness (QED) is 0.705. The minimum atomic E-state index is 0.367. The van der Waals surface area contributed by atoms with Crippen molar-refractivity contribution in [3.63, 3.8) is 0 Å². The van der Waals surface area contributed by atoms with E-state index in [2.05, 4.69) is 17.1 Å². The van der Waals surface area contributed by atoms with Crippen LogP contribution in [0.25, 0.3) is 0 Å². The van der Waals surface area contributed by atoms with Crippen LogP contribution in [0.2, 0.25) is 0 Å². The standard InChI is InChI=1S/C12H24N2O/c1-2-13-9-7-11-14-10-6-4-3-5-8-12(14)15/h13H,2-11H2,1H3. The van der Waals surface area contributed by atoms with Gasteiger partial charge in [-0.05, 0) is 32.4 Å². The van der Waals surface area contributed by atoms with Gasteiger partial charge >= 0.3 is 0 Å². The Bertz CT molecular complexity index is 182. The van der Waals surface area contributed by atoms with Crippen molar-refractivity contribution in [3.05, 3.63) is 0 Å². The summed E-state index contributed by atoms with van der Waals surface area (Å²) >= 11 is 0. The first-order valence-electron chi connectivity index (χ1n) is 6.33. The van der Waals surface area contributed by atoms with E-state index in [0.717, 1.165) is 45.4 Å². The number of nitrogens with one attached hydrogen (secondary N) is 1. The molecule has 1 N–H and O–H groups in total. The first-order chi connectivity index (χ1) is 7.34. The second-order valence-electron chi connectivity index (χ2n) is 4.25. The molecule has 1 aliphatic rings. The Labute approximate surface area is 93.2 Å². The molecule has 0 saturated carbocycles. The van der Waals surface area contributed by atoms with Gasteiger partial charge in [0, 0.05) is 19.5 Å². The summed E-state index contributed by atoms with van der Waals surface area (Å²) in [6, 6.07) is 0. The summed E-state index contributed by atoms with van der Waals surface area (Å²) in [5.74, 6) is 0.367. The summed E-state index contributed by atoms with van der Waals surface area (Å²) in [4.78, 5) is 13.8. The topological polar surface area (TPSA) is 32.3 Å². The zero-order chi connectivity index (χ0) is 10.9. The lowest BCUT2D eigenvalue weighted by Gasteiger charge is -2.24. The summed E-state index contributed by atoms with van der Waals surface area (Å²) in [6.45, 7) is 6.08. The molecule has 0 spiro atoms. The van der Waals surface area contributed by atoms with Crippen LogP contribution in [0.5, 0.6) is 0 Å². The maximum absolute atomic E-state index is 11.7. The number of nitrogens with zero attached hydrogens (tertiary/aromatic N) is 1. The van der Waals surface area contributed by atoms with Crippen molar-refractivity contribution < 1.29 is 4.79 Å². The van der Waals surface area contributed by atoms with E-state index in [-0.39, 0.29) is 0 Å². The Kier molecular flexibility index (Phi) is 6.41. The molecule has 88 valence electrons. The van der Waals surface area contributed by atoms with Gasteiger partial charge < -0.3 is 10.2 Å². The minimum absolute atomic E-state index is 0.367. The van der Waals surface area contributed by atoms with Gasteiger partial charge in [0.05, 0.1) is 0 Å². The van der Waals surface area contributed by atoms with E-state index in [1.165, 1.54) is 19.3 Å². The predicted molar refractivity (Wildman–Crippen MR) is 62.8 cm³/mol. The number of rotatable bonds is 5. The Morgan fingerprint density at radius 3 is 2.87 bits per heavy atom. The molecule has 0 bridgehead atoms. The zero-order valence-corrected chi connectivity index (χ0v) is 9.93. The molecule has 1 saturated heterocycles. The third-order valence-electron chi connectivity index (χ3n) is 2.95. The fraction of sp³-hybridized carbons (Fsp3) is 0.917. The van der Waals surface area contributed by atoms with Crippen LogP contribution in [0.15, 0.2) is 0 Å². The van der Waals surface area contributed by atoms with Crippen LogP contribution in [-0.4, -0.2) is 37.0 Å². The minimum Gasteiger partial charge on any atom is -0.343 e. The van der Waals surface area contributed by atoms with Crippen molar-refractivity contribution in [3.8, 4) is 0 Å². The molecule has 0 aromatic rings. The van der Waals surface area contributed by atoms with Gasteiger partial charge in [-0.3, -0.25) is 4.79 Å². The fourth-order valence-electron chi connectivity index (χ4n) is 2.02. The van der Waals surface area contributed by atoms with Crippen molar-refractivity contribution in [2.45, 2.75) is 45.4 Å². The molecule has 0 unspecified atom stereocenters. The summed E-state index contributed by atoms with van der Waals surface area (Å²) in [5.41, 5.74) is 0. The van der Waals surface area contributed by atoms with Gasteiger partial charge in [0.25, 0.3) is 0 Å². The Morgan fingerprint density at radius 2 is 2.07 bits per heavy atom. The monoisotopic (exact) mass is 212 g/mol. The fourth-order valence-corrected chi connectivity index (χ4v) is 2.02. The third kappa shape index (κ3) is 5.17. The number of likely N-dealkylation sites (tertiary alicyclic amines) is 1. The van der Waals surface area contributed by atoms with Gasteiger partial charge in [-0.1, -0.05) is 19.8 Å². The van der Waals surface area contributed by atoms with Gasteiger partial charge in [0.1, 0.15) is 0 Å². The van der Waals surface area contributed by atoms with E-state index in [1.54, 1.807) is 0 Å². The third-order valence-corrected chi connectivity index (χ3v) is 2.95. The highest BCUT2D eigenvalue weighted by atomic mass is 16.2. The lowest BCUT2D eigenvalue weighted by molar-refractivity contribution is -0.131. The van der Waals surface area contributed by atoms with E-state index < -0.39 is 0 Å². The van der Waals surface area contributed by atoms with Crippen LogP contribution in [0.4, 0.5) is 0 Å². The SMILES string of the molecule is CCNCCCN1CCCCCCC1=O.